The highest BCUT2D eigenvalue weighted by Crippen LogP contribution is 2.14. The van der Waals surface area contributed by atoms with Crippen LogP contribution >= 0.6 is 0 Å². The summed E-state index contributed by atoms with van der Waals surface area (Å²) in [7, 11) is 0. The van der Waals surface area contributed by atoms with Gasteiger partial charge in [0.15, 0.2) is 0 Å². The Hall–Kier alpha value is -1.51. The number of para-hydroxylation sites is 1. The molecule has 0 amide bonds. The van der Waals surface area contributed by atoms with Gasteiger partial charge >= 0.3 is 5.97 Å². The van der Waals surface area contributed by atoms with Gasteiger partial charge in [-0.2, -0.15) is 0 Å². The van der Waals surface area contributed by atoms with Gasteiger partial charge in [0.1, 0.15) is 5.75 Å². The van der Waals surface area contributed by atoms with Gasteiger partial charge in [0.05, 0.1) is 6.61 Å². The molecule has 0 aromatic heterocycles. The molecule has 3 heteroatoms. The van der Waals surface area contributed by atoms with Crippen molar-refractivity contribution in [3.8, 4) is 5.75 Å². The number of carboxylic acid groups (broad SMARTS) is 1. The summed E-state index contributed by atoms with van der Waals surface area (Å²) in [5, 5.41) is 8.52. The monoisotopic (exact) mass is 490 g/mol. The fraction of sp³-hybridized carbons (Fsp3) is 0.781. The summed E-state index contributed by atoms with van der Waals surface area (Å²) in [5.74, 6) is 1.17. The zero-order valence-electron chi connectivity index (χ0n) is 23.6. The first-order chi connectivity index (χ1) is 17.1. The second-order valence-corrected chi connectivity index (χ2v) is 10.5. The van der Waals surface area contributed by atoms with Crippen molar-refractivity contribution in [3.05, 3.63) is 30.3 Å². The van der Waals surface area contributed by atoms with Gasteiger partial charge in [-0.05, 0) is 30.9 Å². The topological polar surface area (TPSA) is 46.5 Å². The van der Waals surface area contributed by atoms with E-state index in [0.29, 0.717) is 6.42 Å². The maximum absolute atomic E-state index is 10.3. The van der Waals surface area contributed by atoms with Crippen LogP contribution in [0, 0.1) is 5.92 Å². The number of hydrogen-bond donors (Lipinski definition) is 1. The molecule has 0 aliphatic carbocycles. The molecule has 0 aliphatic rings. The molecule has 1 rings (SSSR count). The van der Waals surface area contributed by atoms with E-state index >= 15 is 0 Å². The molecular formula is C32H58O3. The van der Waals surface area contributed by atoms with Gasteiger partial charge in [0, 0.05) is 6.42 Å². The highest BCUT2D eigenvalue weighted by molar-refractivity contribution is 5.66. The Morgan fingerprint density at radius 2 is 1.14 bits per heavy atom. The number of unbranched alkanes of at least 4 members (excludes halogenated alkanes) is 16. The molecule has 0 atom stereocenters. The Balaban J connectivity index is 0.000000686. The van der Waals surface area contributed by atoms with E-state index in [-0.39, 0.29) is 0 Å². The first kappa shape index (κ1) is 33.5. The van der Waals surface area contributed by atoms with Gasteiger partial charge in [-0.25, -0.2) is 0 Å². The van der Waals surface area contributed by atoms with Gasteiger partial charge in [-0.1, -0.05) is 148 Å². The van der Waals surface area contributed by atoms with Crippen molar-refractivity contribution in [2.45, 2.75) is 149 Å². The summed E-state index contributed by atoms with van der Waals surface area (Å²) in [6.45, 7) is 7.68. The average Bonchev–Trinajstić information content (AvgIpc) is 2.84. The number of hydrogen-bond acceptors (Lipinski definition) is 2. The van der Waals surface area contributed by atoms with Crippen LogP contribution in [-0.4, -0.2) is 17.7 Å². The lowest BCUT2D eigenvalue weighted by Gasteiger charge is -2.06. The first-order valence-corrected chi connectivity index (χ1v) is 15.0. The Bertz CT molecular complexity index is 541. The maximum atomic E-state index is 10.3. The zero-order valence-corrected chi connectivity index (χ0v) is 23.6. The van der Waals surface area contributed by atoms with Gasteiger partial charge in [-0.15, -0.1) is 0 Å². The van der Waals surface area contributed by atoms with Crippen molar-refractivity contribution in [1.29, 1.82) is 0 Å². The normalized spacial score (nSPS) is 10.7. The van der Waals surface area contributed by atoms with Crippen molar-refractivity contribution in [3.63, 3.8) is 0 Å². The molecule has 1 aromatic carbocycles. The molecule has 0 bridgehead atoms. The molecule has 0 radical (unpaired) electrons. The predicted molar refractivity (Wildman–Crippen MR) is 152 cm³/mol. The van der Waals surface area contributed by atoms with E-state index in [9.17, 15) is 4.79 Å². The minimum absolute atomic E-state index is 0.345. The zero-order chi connectivity index (χ0) is 25.8. The lowest BCUT2D eigenvalue weighted by molar-refractivity contribution is -0.137. The van der Waals surface area contributed by atoms with E-state index in [1.54, 1.807) is 0 Å². The van der Waals surface area contributed by atoms with Crippen LogP contribution in [-0.2, 0) is 4.79 Å². The highest BCUT2D eigenvalue weighted by atomic mass is 16.5. The first-order valence-electron chi connectivity index (χ1n) is 15.0. The van der Waals surface area contributed by atoms with Gasteiger partial charge in [0.2, 0.25) is 0 Å². The third-order valence-corrected chi connectivity index (χ3v) is 6.43. The van der Waals surface area contributed by atoms with Crippen LogP contribution < -0.4 is 4.74 Å². The van der Waals surface area contributed by atoms with Crippen LogP contribution in [0.4, 0.5) is 0 Å². The van der Waals surface area contributed by atoms with Gasteiger partial charge < -0.3 is 9.84 Å². The van der Waals surface area contributed by atoms with Crippen LogP contribution in [0.3, 0.4) is 0 Å². The van der Waals surface area contributed by atoms with E-state index < -0.39 is 5.97 Å². The summed E-state index contributed by atoms with van der Waals surface area (Å²) >= 11 is 0. The summed E-state index contributed by atoms with van der Waals surface area (Å²) < 4.78 is 5.61. The lowest BCUT2D eigenvalue weighted by atomic mass is 10.0. The molecule has 0 fully saturated rings. The van der Waals surface area contributed by atoms with Crippen LogP contribution in [0.5, 0.6) is 5.75 Å². The Morgan fingerprint density at radius 3 is 1.60 bits per heavy atom. The summed E-state index contributed by atoms with van der Waals surface area (Å²) in [6.07, 6.45) is 25.3. The molecule has 0 unspecified atom stereocenters. The molecule has 0 saturated heterocycles. The molecule has 0 aliphatic heterocycles. The molecule has 3 nitrogen and oxygen atoms in total. The number of ether oxygens (including phenoxy) is 1. The van der Waals surface area contributed by atoms with E-state index in [2.05, 4.69) is 20.8 Å². The fourth-order valence-electron chi connectivity index (χ4n) is 4.19. The summed E-state index contributed by atoms with van der Waals surface area (Å²) in [6, 6.07) is 10.0. The molecule has 204 valence electrons. The van der Waals surface area contributed by atoms with E-state index in [1.807, 2.05) is 30.3 Å². The molecule has 1 N–H and O–H groups in total. The fourth-order valence-corrected chi connectivity index (χ4v) is 4.19. The standard InChI is InChI=1S/C18H36O2.C14H22O/c1-2-3-4-5-6-7-8-9-10-11-12-13-14-15-16-17-18(19)20;1-13(2)9-5-4-8-12-15-14-10-6-3-7-11-14/h2-17H2,1H3,(H,19,20);3,6-7,10-11,13H,4-5,8-9,12H2,1-2H3. The van der Waals surface area contributed by atoms with Crippen molar-refractivity contribution in [2.24, 2.45) is 5.92 Å². The van der Waals surface area contributed by atoms with Gasteiger partial charge in [-0.3, -0.25) is 4.79 Å². The Morgan fingerprint density at radius 1 is 0.686 bits per heavy atom. The molecule has 0 heterocycles. The van der Waals surface area contributed by atoms with E-state index in [1.165, 1.54) is 109 Å². The SMILES string of the molecule is CC(C)CCCCCOc1ccccc1.CCCCCCCCCCCCCCCCCC(=O)O. The second-order valence-electron chi connectivity index (χ2n) is 10.5. The molecule has 0 saturated carbocycles. The Kier molecular flexibility index (Phi) is 25.9. The summed E-state index contributed by atoms with van der Waals surface area (Å²) in [4.78, 5) is 10.3. The van der Waals surface area contributed by atoms with Crippen LogP contribution in [0.2, 0.25) is 0 Å². The molecule has 35 heavy (non-hydrogen) atoms. The number of benzene rings is 1. The number of rotatable bonds is 23. The quantitative estimate of drug-likeness (QED) is 0.155. The average molecular weight is 491 g/mol. The molecule has 0 spiro atoms. The largest absolute Gasteiger partial charge is 0.494 e. The maximum Gasteiger partial charge on any atom is 0.303 e. The van der Waals surface area contributed by atoms with Crippen molar-refractivity contribution >= 4 is 5.97 Å². The molecular weight excluding hydrogens is 432 g/mol. The van der Waals surface area contributed by atoms with Crippen molar-refractivity contribution in [2.75, 3.05) is 6.61 Å². The van der Waals surface area contributed by atoms with Crippen LogP contribution in [0.15, 0.2) is 30.3 Å². The van der Waals surface area contributed by atoms with E-state index in [0.717, 1.165) is 31.1 Å². The second kappa shape index (κ2) is 27.1. The summed E-state index contributed by atoms with van der Waals surface area (Å²) in [5.41, 5.74) is 0. The minimum atomic E-state index is -0.653. The van der Waals surface area contributed by atoms with Crippen molar-refractivity contribution in [1.82, 2.24) is 0 Å². The number of carbonyl (C=O) groups is 1. The van der Waals surface area contributed by atoms with E-state index in [4.69, 9.17) is 9.84 Å². The lowest BCUT2D eigenvalue weighted by Crippen LogP contribution is -1.97. The highest BCUT2D eigenvalue weighted by Gasteiger charge is 1.97. The third-order valence-electron chi connectivity index (χ3n) is 6.43. The number of aliphatic carboxylic acids is 1. The predicted octanol–water partition coefficient (Wildman–Crippen LogP) is 10.6. The minimum Gasteiger partial charge on any atom is -0.494 e. The smallest absolute Gasteiger partial charge is 0.303 e. The van der Waals surface area contributed by atoms with Crippen LogP contribution in [0.25, 0.3) is 0 Å². The van der Waals surface area contributed by atoms with Crippen molar-refractivity contribution < 1.29 is 14.6 Å². The van der Waals surface area contributed by atoms with Crippen LogP contribution in [0.1, 0.15) is 149 Å². The molecule has 1 aromatic rings. The Labute approximate surface area is 218 Å². The third kappa shape index (κ3) is 28.6. The number of carboxylic acids is 1. The van der Waals surface area contributed by atoms with Gasteiger partial charge in [0.25, 0.3) is 0 Å².